The van der Waals surface area contributed by atoms with Crippen molar-refractivity contribution in [3.05, 3.63) is 47.5 Å². The van der Waals surface area contributed by atoms with Crippen molar-refractivity contribution >= 4 is 17.6 Å². The molecule has 0 fully saturated rings. The zero-order chi connectivity index (χ0) is 19.9. The maximum absolute atomic E-state index is 12.4. The molecular formula is C21H23NO6. The quantitative estimate of drug-likeness (QED) is 0.757. The highest BCUT2D eigenvalue weighted by Gasteiger charge is 2.20. The molecule has 7 heteroatoms. The first-order valence-corrected chi connectivity index (χ1v) is 9.26. The van der Waals surface area contributed by atoms with Crippen LogP contribution in [0.15, 0.2) is 36.4 Å². The third kappa shape index (κ3) is 4.73. The number of carbonyl (C=O) groups excluding carboxylic acids is 1. The van der Waals surface area contributed by atoms with Gasteiger partial charge in [0.25, 0.3) is 0 Å². The Balaban J connectivity index is 1.73. The number of aromatic carboxylic acids is 1. The van der Waals surface area contributed by atoms with E-state index < -0.39 is 5.97 Å². The Morgan fingerprint density at radius 2 is 1.86 bits per heavy atom. The second kappa shape index (κ2) is 9.12. The fourth-order valence-corrected chi connectivity index (χ4v) is 2.96. The first-order chi connectivity index (χ1) is 13.6. The molecular weight excluding hydrogens is 362 g/mol. The summed E-state index contributed by atoms with van der Waals surface area (Å²) in [6, 6.07) is 10.4. The molecule has 1 heterocycles. The smallest absolute Gasteiger partial charge is 0.337 e. The maximum Gasteiger partial charge on any atom is 0.337 e. The van der Waals surface area contributed by atoms with Crippen LogP contribution < -0.4 is 19.5 Å². The number of nitrogens with one attached hydrogen (secondary N) is 1. The lowest BCUT2D eigenvalue weighted by molar-refractivity contribution is -0.116. The van der Waals surface area contributed by atoms with E-state index in [9.17, 15) is 14.7 Å². The third-order valence-electron chi connectivity index (χ3n) is 4.29. The average molecular weight is 385 g/mol. The lowest BCUT2D eigenvalue weighted by Crippen LogP contribution is -2.16. The maximum atomic E-state index is 12.4. The Bertz CT molecular complexity index is 864. The largest absolute Gasteiger partial charge is 0.494 e. The van der Waals surface area contributed by atoms with Crippen LogP contribution in [0.4, 0.5) is 5.69 Å². The average Bonchev–Trinajstić information content (AvgIpc) is 2.91. The van der Waals surface area contributed by atoms with Crippen LogP contribution in [0.5, 0.6) is 17.2 Å². The second-order valence-electron chi connectivity index (χ2n) is 6.29. The fourth-order valence-electron chi connectivity index (χ4n) is 2.96. The molecule has 2 aromatic carbocycles. The Kier molecular flexibility index (Phi) is 6.37. The van der Waals surface area contributed by atoms with Gasteiger partial charge in [0.15, 0.2) is 11.5 Å². The number of anilines is 1. The molecule has 2 aromatic rings. The minimum atomic E-state index is -1.15. The molecule has 0 bridgehead atoms. The molecule has 3 rings (SSSR count). The van der Waals surface area contributed by atoms with Crippen molar-refractivity contribution in [2.45, 2.75) is 26.2 Å². The standard InChI is InChI=1S/C21H23NO6/c1-2-26-17-7-4-3-6-14(17)8-9-20(23)22-16-13-19-18(12-15(16)21(24)25)27-10-5-11-28-19/h3-4,6-7,12-13H,2,5,8-11H2,1H3,(H,22,23)(H,24,25). The molecule has 0 aromatic heterocycles. The molecule has 0 unspecified atom stereocenters. The monoisotopic (exact) mass is 385 g/mol. The van der Waals surface area contributed by atoms with Gasteiger partial charge in [0, 0.05) is 25.0 Å². The summed E-state index contributed by atoms with van der Waals surface area (Å²) in [6.45, 7) is 3.38. The summed E-state index contributed by atoms with van der Waals surface area (Å²) in [5, 5.41) is 12.2. The number of carboxylic acid groups (broad SMARTS) is 1. The van der Waals surface area contributed by atoms with E-state index >= 15 is 0 Å². The molecule has 0 saturated heterocycles. The lowest BCUT2D eigenvalue weighted by Gasteiger charge is -2.14. The number of para-hydroxylation sites is 1. The van der Waals surface area contributed by atoms with Crippen LogP contribution in [0.1, 0.15) is 35.7 Å². The molecule has 0 spiro atoms. The highest BCUT2D eigenvalue weighted by atomic mass is 16.5. The number of hydrogen-bond acceptors (Lipinski definition) is 5. The zero-order valence-electron chi connectivity index (χ0n) is 15.7. The SMILES string of the molecule is CCOc1ccccc1CCC(=O)Nc1cc2c(cc1C(=O)O)OCCCO2. The van der Waals surface area contributed by atoms with E-state index in [-0.39, 0.29) is 23.6 Å². The van der Waals surface area contributed by atoms with Crippen molar-refractivity contribution in [3.63, 3.8) is 0 Å². The summed E-state index contributed by atoms with van der Waals surface area (Å²) in [5.41, 5.74) is 1.09. The lowest BCUT2D eigenvalue weighted by atomic mass is 10.1. The minimum Gasteiger partial charge on any atom is -0.494 e. The van der Waals surface area contributed by atoms with Gasteiger partial charge in [0.1, 0.15) is 5.75 Å². The zero-order valence-corrected chi connectivity index (χ0v) is 15.7. The second-order valence-corrected chi connectivity index (χ2v) is 6.29. The molecule has 0 radical (unpaired) electrons. The van der Waals surface area contributed by atoms with Crippen molar-refractivity contribution in [1.82, 2.24) is 0 Å². The van der Waals surface area contributed by atoms with Gasteiger partial charge in [-0.1, -0.05) is 18.2 Å². The number of amides is 1. The Hall–Kier alpha value is -3.22. The summed E-state index contributed by atoms with van der Waals surface area (Å²) >= 11 is 0. The third-order valence-corrected chi connectivity index (χ3v) is 4.29. The Morgan fingerprint density at radius 3 is 2.57 bits per heavy atom. The first-order valence-electron chi connectivity index (χ1n) is 9.26. The van der Waals surface area contributed by atoms with Gasteiger partial charge in [0.05, 0.1) is 31.1 Å². The van der Waals surface area contributed by atoms with Gasteiger partial charge in [-0.25, -0.2) is 4.79 Å². The number of benzene rings is 2. The van der Waals surface area contributed by atoms with Gasteiger partial charge >= 0.3 is 5.97 Å². The number of carbonyl (C=O) groups is 2. The number of fused-ring (bicyclic) bond motifs is 1. The van der Waals surface area contributed by atoms with E-state index in [1.54, 1.807) is 0 Å². The van der Waals surface area contributed by atoms with E-state index in [0.29, 0.717) is 44.2 Å². The summed E-state index contributed by atoms with van der Waals surface area (Å²) in [6.07, 6.45) is 1.38. The van der Waals surface area contributed by atoms with Crippen LogP contribution in [-0.2, 0) is 11.2 Å². The molecule has 28 heavy (non-hydrogen) atoms. The van der Waals surface area contributed by atoms with Crippen molar-refractivity contribution in [1.29, 1.82) is 0 Å². The van der Waals surface area contributed by atoms with E-state index in [1.165, 1.54) is 12.1 Å². The molecule has 7 nitrogen and oxygen atoms in total. The van der Waals surface area contributed by atoms with Crippen LogP contribution in [0.2, 0.25) is 0 Å². The Labute approximate surface area is 163 Å². The molecule has 0 saturated carbocycles. The van der Waals surface area contributed by atoms with E-state index in [0.717, 1.165) is 11.3 Å². The van der Waals surface area contributed by atoms with Gasteiger partial charge in [0.2, 0.25) is 5.91 Å². The molecule has 1 amide bonds. The van der Waals surface area contributed by atoms with Crippen molar-refractivity contribution in [3.8, 4) is 17.2 Å². The Morgan fingerprint density at radius 1 is 1.14 bits per heavy atom. The van der Waals surface area contributed by atoms with E-state index in [2.05, 4.69) is 5.32 Å². The highest BCUT2D eigenvalue weighted by Crippen LogP contribution is 2.35. The van der Waals surface area contributed by atoms with Gasteiger partial charge in [-0.05, 0) is 25.0 Å². The van der Waals surface area contributed by atoms with E-state index in [4.69, 9.17) is 14.2 Å². The predicted molar refractivity (Wildman–Crippen MR) is 104 cm³/mol. The van der Waals surface area contributed by atoms with Crippen LogP contribution in [0.3, 0.4) is 0 Å². The summed E-state index contributed by atoms with van der Waals surface area (Å²) in [4.78, 5) is 24.1. The number of hydrogen-bond donors (Lipinski definition) is 2. The normalized spacial score (nSPS) is 12.8. The fraction of sp³-hybridized carbons (Fsp3) is 0.333. The van der Waals surface area contributed by atoms with Crippen molar-refractivity contribution in [2.24, 2.45) is 0 Å². The first kappa shape index (κ1) is 19.5. The van der Waals surface area contributed by atoms with E-state index in [1.807, 2.05) is 31.2 Å². The summed E-state index contributed by atoms with van der Waals surface area (Å²) in [5.74, 6) is 0.119. The molecule has 1 aliphatic rings. The minimum absolute atomic E-state index is 0.0349. The topological polar surface area (TPSA) is 94.1 Å². The van der Waals surface area contributed by atoms with Crippen LogP contribution in [0, 0.1) is 0 Å². The van der Waals surface area contributed by atoms with Crippen LogP contribution in [0.25, 0.3) is 0 Å². The highest BCUT2D eigenvalue weighted by molar-refractivity contribution is 6.01. The number of carboxylic acids is 1. The molecule has 148 valence electrons. The molecule has 1 aliphatic heterocycles. The number of aryl methyl sites for hydroxylation is 1. The van der Waals surface area contributed by atoms with Crippen LogP contribution >= 0.6 is 0 Å². The predicted octanol–water partition coefficient (Wildman–Crippen LogP) is 3.52. The summed E-state index contributed by atoms with van der Waals surface area (Å²) < 4.78 is 16.7. The number of ether oxygens (including phenoxy) is 3. The molecule has 0 atom stereocenters. The molecule has 2 N–H and O–H groups in total. The van der Waals surface area contributed by atoms with Gasteiger partial charge in [-0.15, -0.1) is 0 Å². The van der Waals surface area contributed by atoms with Gasteiger partial charge in [-0.2, -0.15) is 0 Å². The molecule has 0 aliphatic carbocycles. The number of rotatable bonds is 7. The van der Waals surface area contributed by atoms with Crippen molar-refractivity contribution in [2.75, 3.05) is 25.1 Å². The van der Waals surface area contributed by atoms with Gasteiger partial charge in [-0.3, -0.25) is 4.79 Å². The van der Waals surface area contributed by atoms with Crippen LogP contribution in [-0.4, -0.2) is 36.8 Å². The summed E-state index contributed by atoms with van der Waals surface area (Å²) in [7, 11) is 0. The van der Waals surface area contributed by atoms with Gasteiger partial charge < -0.3 is 24.6 Å². The van der Waals surface area contributed by atoms with Crippen molar-refractivity contribution < 1.29 is 28.9 Å².